The molecule has 0 aliphatic carbocycles. The van der Waals surface area contributed by atoms with Gasteiger partial charge in [0.25, 0.3) is 0 Å². The third kappa shape index (κ3) is 4.75. The standard InChI is InChI=1S/C24H33NO/c1-20-10-12-22(13-11-20)24(15-17-26-23(2,3)19-24)14-16-25(4)18-21-8-6-5-7-9-21/h5-13H,14-19H2,1-4H3. The van der Waals surface area contributed by atoms with Gasteiger partial charge in [-0.05, 0) is 64.8 Å². The zero-order chi connectivity index (χ0) is 18.6. The van der Waals surface area contributed by atoms with Gasteiger partial charge in [-0.25, -0.2) is 0 Å². The van der Waals surface area contributed by atoms with Crippen LogP contribution < -0.4 is 0 Å². The first kappa shape index (κ1) is 19.1. The highest BCUT2D eigenvalue weighted by molar-refractivity contribution is 5.30. The fraction of sp³-hybridized carbons (Fsp3) is 0.500. The number of aryl methyl sites for hydroxylation is 1. The summed E-state index contributed by atoms with van der Waals surface area (Å²) in [5.74, 6) is 0. The fourth-order valence-corrected chi connectivity index (χ4v) is 4.37. The van der Waals surface area contributed by atoms with Crippen LogP contribution in [0.4, 0.5) is 0 Å². The quantitative estimate of drug-likeness (QED) is 0.696. The predicted molar refractivity (Wildman–Crippen MR) is 110 cm³/mol. The van der Waals surface area contributed by atoms with Crippen LogP contribution >= 0.6 is 0 Å². The van der Waals surface area contributed by atoms with Crippen LogP contribution in [0.25, 0.3) is 0 Å². The van der Waals surface area contributed by atoms with Crippen molar-refractivity contribution in [1.29, 1.82) is 0 Å². The molecule has 1 saturated heterocycles. The zero-order valence-corrected chi connectivity index (χ0v) is 16.8. The molecule has 1 aliphatic rings. The molecular formula is C24H33NO. The summed E-state index contributed by atoms with van der Waals surface area (Å²) in [6.45, 7) is 9.59. The van der Waals surface area contributed by atoms with E-state index in [-0.39, 0.29) is 11.0 Å². The maximum atomic E-state index is 6.05. The Kier molecular flexibility index (Phi) is 5.84. The molecule has 2 nitrogen and oxygen atoms in total. The molecule has 0 spiro atoms. The first-order valence-corrected chi connectivity index (χ1v) is 9.82. The van der Waals surface area contributed by atoms with Gasteiger partial charge in [0.2, 0.25) is 0 Å². The van der Waals surface area contributed by atoms with Gasteiger partial charge in [-0.2, -0.15) is 0 Å². The molecule has 1 aliphatic heterocycles. The Bertz CT molecular complexity index is 692. The van der Waals surface area contributed by atoms with E-state index >= 15 is 0 Å². The molecular weight excluding hydrogens is 318 g/mol. The van der Waals surface area contributed by atoms with E-state index < -0.39 is 0 Å². The molecule has 26 heavy (non-hydrogen) atoms. The third-order valence-electron chi connectivity index (χ3n) is 5.77. The van der Waals surface area contributed by atoms with Crippen molar-refractivity contribution in [1.82, 2.24) is 4.90 Å². The van der Waals surface area contributed by atoms with Crippen LogP contribution in [0.3, 0.4) is 0 Å². The van der Waals surface area contributed by atoms with E-state index in [9.17, 15) is 0 Å². The van der Waals surface area contributed by atoms with Gasteiger partial charge in [-0.3, -0.25) is 0 Å². The van der Waals surface area contributed by atoms with Crippen molar-refractivity contribution in [2.24, 2.45) is 0 Å². The van der Waals surface area contributed by atoms with E-state index in [1.165, 1.54) is 23.1 Å². The molecule has 0 saturated carbocycles. The second-order valence-corrected chi connectivity index (χ2v) is 8.65. The van der Waals surface area contributed by atoms with Crippen molar-refractivity contribution in [3.8, 4) is 0 Å². The minimum atomic E-state index is -0.0544. The number of ether oxygens (including phenoxy) is 1. The summed E-state index contributed by atoms with van der Waals surface area (Å²) in [6.07, 6.45) is 3.37. The maximum absolute atomic E-state index is 6.05. The van der Waals surface area contributed by atoms with Crippen molar-refractivity contribution < 1.29 is 4.74 Å². The first-order chi connectivity index (χ1) is 12.4. The van der Waals surface area contributed by atoms with Crippen LogP contribution in [0.15, 0.2) is 54.6 Å². The molecule has 2 aromatic carbocycles. The maximum Gasteiger partial charge on any atom is 0.0635 e. The monoisotopic (exact) mass is 351 g/mol. The molecule has 3 rings (SSSR count). The highest BCUT2D eigenvalue weighted by Gasteiger charge is 2.41. The lowest BCUT2D eigenvalue weighted by atomic mass is 9.67. The average Bonchev–Trinajstić information content (AvgIpc) is 2.61. The Morgan fingerprint density at radius 3 is 2.35 bits per heavy atom. The smallest absolute Gasteiger partial charge is 0.0635 e. The molecule has 1 atom stereocenters. The van der Waals surface area contributed by atoms with Gasteiger partial charge in [0, 0.05) is 18.6 Å². The topological polar surface area (TPSA) is 12.5 Å². The van der Waals surface area contributed by atoms with Crippen LogP contribution in [0.1, 0.15) is 49.8 Å². The Morgan fingerprint density at radius 2 is 1.69 bits per heavy atom. The lowest BCUT2D eigenvalue weighted by molar-refractivity contribution is -0.0851. The van der Waals surface area contributed by atoms with Crippen LogP contribution in [0, 0.1) is 6.92 Å². The minimum absolute atomic E-state index is 0.0544. The van der Waals surface area contributed by atoms with Crippen molar-refractivity contribution in [3.05, 3.63) is 71.3 Å². The molecule has 0 amide bonds. The van der Waals surface area contributed by atoms with Crippen molar-refractivity contribution >= 4 is 0 Å². The van der Waals surface area contributed by atoms with Gasteiger partial charge in [-0.1, -0.05) is 60.2 Å². The molecule has 1 unspecified atom stereocenters. The second-order valence-electron chi connectivity index (χ2n) is 8.65. The molecule has 140 valence electrons. The van der Waals surface area contributed by atoms with Crippen LogP contribution in [-0.2, 0) is 16.7 Å². The Morgan fingerprint density at radius 1 is 1.00 bits per heavy atom. The number of benzene rings is 2. The van der Waals surface area contributed by atoms with Crippen LogP contribution in [-0.4, -0.2) is 30.7 Å². The summed E-state index contributed by atoms with van der Waals surface area (Å²) in [5.41, 5.74) is 4.34. The summed E-state index contributed by atoms with van der Waals surface area (Å²) in [4.78, 5) is 2.45. The molecule has 2 aromatic rings. The molecule has 1 heterocycles. The molecule has 0 bridgehead atoms. The Hall–Kier alpha value is -1.64. The van der Waals surface area contributed by atoms with E-state index in [0.29, 0.717) is 0 Å². The molecule has 0 N–H and O–H groups in total. The number of hydrogen-bond acceptors (Lipinski definition) is 2. The van der Waals surface area contributed by atoms with E-state index in [1.54, 1.807) is 0 Å². The lowest BCUT2D eigenvalue weighted by Crippen LogP contribution is -2.45. The van der Waals surface area contributed by atoms with Crippen molar-refractivity contribution in [2.45, 2.75) is 57.6 Å². The lowest BCUT2D eigenvalue weighted by Gasteiger charge is -2.46. The van der Waals surface area contributed by atoms with Gasteiger partial charge in [0.15, 0.2) is 0 Å². The van der Waals surface area contributed by atoms with Gasteiger partial charge >= 0.3 is 0 Å². The second kappa shape index (κ2) is 7.94. The first-order valence-electron chi connectivity index (χ1n) is 9.82. The van der Waals surface area contributed by atoms with Gasteiger partial charge in [0.05, 0.1) is 5.60 Å². The fourth-order valence-electron chi connectivity index (χ4n) is 4.37. The zero-order valence-electron chi connectivity index (χ0n) is 16.8. The summed E-state index contributed by atoms with van der Waals surface area (Å²) < 4.78 is 6.05. The number of nitrogens with zero attached hydrogens (tertiary/aromatic N) is 1. The van der Waals surface area contributed by atoms with E-state index in [1.807, 2.05) is 0 Å². The molecule has 0 aromatic heterocycles. The summed E-state index contributed by atoms with van der Waals surface area (Å²) in [7, 11) is 2.24. The molecule has 2 heteroatoms. The third-order valence-corrected chi connectivity index (χ3v) is 5.77. The number of hydrogen-bond donors (Lipinski definition) is 0. The van der Waals surface area contributed by atoms with E-state index in [0.717, 1.165) is 32.5 Å². The minimum Gasteiger partial charge on any atom is -0.376 e. The van der Waals surface area contributed by atoms with Gasteiger partial charge in [-0.15, -0.1) is 0 Å². The summed E-state index contributed by atoms with van der Waals surface area (Å²) in [5, 5.41) is 0. The highest BCUT2D eigenvalue weighted by Crippen LogP contribution is 2.44. The summed E-state index contributed by atoms with van der Waals surface area (Å²) >= 11 is 0. The SMILES string of the molecule is Cc1ccc(C2(CCN(C)Cc3ccccc3)CCOC(C)(C)C2)cc1. The average molecular weight is 352 g/mol. The predicted octanol–water partition coefficient (Wildman–Crippen LogP) is 5.34. The Labute approximate surface area is 159 Å². The Balaban J connectivity index is 1.74. The molecule has 1 fully saturated rings. The summed E-state index contributed by atoms with van der Waals surface area (Å²) in [6, 6.07) is 20.0. The molecule has 0 radical (unpaired) electrons. The number of rotatable bonds is 6. The van der Waals surface area contributed by atoms with E-state index in [4.69, 9.17) is 4.74 Å². The normalized spacial score (nSPS) is 22.5. The van der Waals surface area contributed by atoms with Gasteiger partial charge in [0.1, 0.15) is 0 Å². The van der Waals surface area contributed by atoms with Crippen LogP contribution in [0.2, 0.25) is 0 Å². The highest BCUT2D eigenvalue weighted by atomic mass is 16.5. The van der Waals surface area contributed by atoms with Crippen molar-refractivity contribution in [2.75, 3.05) is 20.2 Å². The van der Waals surface area contributed by atoms with E-state index in [2.05, 4.69) is 87.3 Å². The van der Waals surface area contributed by atoms with Gasteiger partial charge < -0.3 is 9.64 Å². The van der Waals surface area contributed by atoms with Crippen LogP contribution in [0.5, 0.6) is 0 Å². The van der Waals surface area contributed by atoms with Crippen molar-refractivity contribution in [3.63, 3.8) is 0 Å². The largest absolute Gasteiger partial charge is 0.376 e.